The SMILES string of the molecule is O=C(NCCc1cc(F)cc(F)c1)C1CCN(c2ccc3cccc(O)c3n2)CC1. The average molecular weight is 411 g/mol. The van der Waals surface area contributed by atoms with E-state index in [1.54, 1.807) is 12.1 Å². The van der Waals surface area contributed by atoms with Gasteiger partial charge in [0.1, 0.15) is 28.7 Å². The monoisotopic (exact) mass is 411 g/mol. The van der Waals surface area contributed by atoms with Gasteiger partial charge in [0.15, 0.2) is 0 Å². The number of anilines is 1. The molecule has 1 aromatic heterocycles. The normalized spacial score (nSPS) is 14.8. The van der Waals surface area contributed by atoms with E-state index in [-0.39, 0.29) is 17.6 Å². The maximum atomic E-state index is 13.2. The number of carbonyl (C=O) groups is 1. The summed E-state index contributed by atoms with van der Waals surface area (Å²) in [4.78, 5) is 19.2. The molecule has 0 bridgehead atoms. The number of rotatable bonds is 5. The Morgan fingerprint density at radius 1 is 1.10 bits per heavy atom. The van der Waals surface area contributed by atoms with Crippen LogP contribution in [0.15, 0.2) is 48.5 Å². The highest BCUT2D eigenvalue weighted by Crippen LogP contribution is 2.27. The molecular weight excluding hydrogens is 388 g/mol. The van der Waals surface area contributed by atoms with Crippen molar-refractivity contribution in [2.24, 2.45) is 5.92 Å². The smallest absolute Gasteiger partial charge is 0.223 e. The molecule has 0 saturated carbocycles. The van der Waals surface area contributed by atoms with Gasteiger partial charge in [-0.2, -0.15) is 0 Å². The van der Waals surface area contributed by atoms with E-state index < -0.39 is 11.6 Å². The number of hydrogen-bond acceptors (Lipinski definition) is 4. The standard InChI is InChI=1S/C23H23F2N3O2/c24-18-12-15(13-19(25)14-18)6-9-26-23(30)17-7-10-28(11-8-17)21-5-4-16-2-1-3-20(29)22(16)27-21/h1-5,12-14,17,29H,6-11H2,(H,26,30). The quantitative estimate of drug-likeness (QED) is 0.671. The van der Waals surface area contributed by atoms with Crippen LogP contribution >= 0.6 is 0 Å². The molecule has 1 aliphatic rings. The minimum absolute atomic E-state index is 0.0318. The lowest BCUT2D eigenvalue weighted by atomic mass is 9.95. The molecular formula is C23H23F2N3O2. The van der Waals surface area contributed by atoms with E-state index in [1.807, 2.05) is 18.2 Å². The van der Waals surface area contributed by atoms with Gasteiger partial charge in [0.25, 0.3) is 0 Å². The summed E-state index contributed by atoms with van der Waals surface area (Å²) in [5.74, 6) is -0.411. The molecule has 4 rings (SSSR count). The molecule has 5 nitrogen and oxygen atoms in total. The molecule has 2 heterocycles. The minimum Gasteiger partial charge on any atom is -0.506 e. The minimum atomic E-state index is -0.612. The predicted molar refractivity (Wildman–Crippen MR) is 111 cm³/mol. The van der Waals surface area contributed by atoms with Crippen molar-refractivity contribution in [1.82, 2.24) is 10.3 Å². The van der Waals surface area contributed by atoms with Crippen LogP contribution in [0.1, 0.15) is 18.4 Å². The number of nitrogens with one attached hydrogen (secondary N) is 1. The van der Waals surface area contributed by atoms with Gasteiger partial charge in [0.05, 0.1) is 0 Å². The Hall–Kier alpha value is -3.22. The number of amides is 1. The van der Waals surface area contributed by atoms with Crippen molar-refractivity contribution in [2.45, 2.75) is 19.3 Å². The summed E-state index contributed by atoms with van der Waals surface area (Å²) in [7, 11) is 0. The summed E-state index contributed by atoms with van der Waals surface area (Å²) in [5, 5.41) is 13.8. The number of halogens is 2. The van der Waals surface area contributed by atoms with Gasteiger partial charge in [-0.25, -0.2) is 13.8 Å². The maximum Gasteiger partial charge on any atom is 0.223 e. The number of fused-ring (bicyclic) bond motifs is 1. The van der Waals surface area contributed by atoms with Gasteiger partial charge in [-0.05, 0) is 55.2 Å². The number of carbonyl (C=O) groups excluding carboxylic acids is 1. The Bertz CT molecular complexity index is 1050. The van der Waals surface area contributed by atoms with Gasteiger partial charge in [-0.3, -0.25) is 4.79 Å². The fourth-order valence-electron chi connectivity index (χ4n) is 3.90. The molecule has 1 aliphatic heterocycles. The number of aromatic hydroxyl groups is 1. The molecule has 0 unspecified atom stereocenters. The topological polar surface area (TPSA) is 65.5 Å². The van der Waals surface area contributed by atoms with E-state index in [0.29, 0.717) is 50.0 Å². The van der Waals surface area contributed by atoms with Crippen molar-refractivity contribution in [3.63, 3.8) is 0 Å². The lowest BCUT2D eigenvalue weighted by Crippen LogP contribution is -2.41. The number of phenolic OH excluding ortho intramolecular Hbond substituents is 1. The molecule has 2 N–H and O–H groups in total. The molecule has 30 heavy (non-hydrogen) atoms. The lowest BCUT2D eigenvalue weighted by Gasteiger charge is -2.32. The van der Waals surface area contributed by atoms with Gasteiger partial charge in [-0.15, -0.1) is 0 Å². The molecule has 1 fully saturated rings. The molecule has 0 aliphatic carbocycles. The number of piperidine rings is 1. The van der Waals surface area contributed by atoms with Crippen LogP contribution in [0.25, 0.3) is 10.9 Å². The zero-order chi connectivity index (χ0) is 21.1. The van der Waals surface area contributed by atoms with Crippen LogP contribution in [0.3, 0.4) is 0 Å². The van der Waals surface area contributed by atoms with E-state index >= 15 is 0 Å². The molecule has 1 saturated heterocycles. The highest BCUT2D eigenvalue weighted by atomic mass is 19.1. The second-order valence-corrected chi connectivity index (χ2v) is 7.60. The highest BCUT2D eigenvalue weighted by Gasteiger charge is 2.25. The largest absolute Gasteiger partial charge is 0.506 e. The number of pyridine rings is 1. The third-order valence-electron chi connectivity index (χ3n) is 5.51. The van der Waals surface area contributed by atoms with Crippen molar-refractivity contribution < 1.29 is 18.7 Å². The Kier molecular flexibility index (Phi) is 5.79. The summed E-state index contributed by atoms with van der Waals surface area (Å²) < 4.78 is 26.5. The molecule has 0 spiro atoms. The molecule has 0 atom stereocenters. The maximum absolute atomic E-state index is 13.2. The first-order valence-corrected chi connectivity index (χ1v) is 10.1. The number of aromatic nitrogens is 1. The first-order chi connectivity index (χ1) is 14.5. The first-order valence-electron chi connectivity index (χ1n) is 10.1. The van der Waals surface area contributed by atoms with Crippen LogP contribution in [0.5, 0.6) is 5.75 Å². The Morgan fingerprint density at radius 3 is 2.57 bits per heavy atom. The predicted octanol–water partition coefficient (Wildman–Crippen LogP) is 3.79. The van der Waals surface area contributed by atoms with Crippen molar-refractivity contribution in [1.29, 1.82) is 0 Å². The first kappa shape index (κ1) is 20.1. The molecule has 7 heteroatoms. The molecule has 3 aromatic rings. The summed E-state index contributed by atoms with van der Waals surface area (Å²) in [6, 6.07) is 12.6. The molecule has 0 radical (unpaired) electrons. The van der Waals surface area contributed by atoms with Crippen LogP contribution in [-0.4, -0.2) is 35.6 Å². The highest BCUT2D eigenvalue weighted by molar-refractivity contribution is 5.85. The van der Waals surface area contributed by atoms with Gasteiger partial charge in [0.2, 0.25) is 5.91 Å². The fraction of sp³-hybridized carbons (Fsp3) is 0.304. The summed E-state index contributed by atoms with van der Waals surface area (Å²) in [6.07, 6.45) is 1.77. The van der Waals surface area contributed by atoms with E-state index in [2.05, 4.69) is 15.2 Å². The van der Waals surface area contributed by atoms with Crippen LogP contribution in [0.2, 0.25) is 0 Å². The number of benzene rings is 2. The lowest BCUT2D eigenvalue weighted by molar-refractivity contribution is -0.125. The van der Waals surface area contributed by atoms with E-state index in [1.165, 1.54) is 12.1 Å². The van der Waals surface area contributed by atoms with E-state index in [9.17, 15) is 18.7 Å². The average Bonchev–Trinajstić information content (AvgIpc) is 2.73. The number of nitrogens with zero attached hydrogens (tertiary/aromatic N) is 2. The third kappa shape index (κ3) is 4.50. The number of hydrogen-bond donors (Lipinski definition) is 2. The van der Waals surface area contributed by atoms with Crippen LogP contribution < -0.4 is 10.2 Å². The van der Waals surface area contributed by atoms with Gasteiger partial charge in [-0.1, -0.05) is 12.1 Å². The van der Waals surface area contributed by atoms with Crippen molar-refractivity contribution in [3.05, 3.63) is 65.7 Å². The molecule has 1 amide bonds. The second-order valence-electron chi connectivity index (χ2n) is 7.60. The van der Waals surface area contributed by atoms with Crippen LogP contribution in [-0.2, 0) is 11.2 Å². The van der Waals surface area contributed by atoms with Gasteiger partial charge >= 0.3 is 0 Å². The number of para-hydroxylation sites is 1. The zero-order valence-corrected chi connectivity index (χ0v) is 16.4. The summed E-state index contributed by atoms with van der Waals surface area (Å²) in [6.45, 7) is 1.73. The van der Waals surface area contributed by atoms with Crippen LogP contribution in [0.4, 0.5) is 14.6 Å². The molecule has 2 aromatic carbocycles. The van der Waals surface area contributed by atoms with E-state index in [0.717, 1.165) is 17.3 Å². The Labute approximate surface area is 173 Å². The summed E-state index contributed by atoms with van der Waals surface area (Å²) >= 11 is 0. The van der Waals surface area contributed by atoms with Crippen molar-refractivity contribution in [3.8, 4) is 5.75 Å². The van der Waals surface area contributed by atoms with Crippen molar-refractivity contribution >= 4 is 22.6 Å². The third-order valence-corrected chi connectivity index (χ3v) is 5.51. The molecule has 156 valence electrons. The van der Waals surface area contributed by atoms with Gasteiger partial charge in [0, 0.05) is 37.0 Å². The van der Waals surface area contributed by atoms with E-state index in [4.69, 9.17) is 0 Å². The zero-order valence-electron chi connectivity index (χ0n) is 16.4. The van der Waals surface area contributed by atoms with Crippen molar-refractivity contribution in [2.75, 3.05) is 24.5 Å². The van der Waals surface area contributed by atoms with Crippen LogP contribution in [0, 0.1) is 17.6 Å². The second kappa shape index (κ2) is 8.65. The Balaban J connectivity index is 1.29. The Morgan fingerprint density at radius 2 is 1.83 bits per heavy atom. The van der Waals surface area contributed by atoms with Gasteiger partial charge < -0.3 is 15.3 Å². The number of phenols is 1. The fourth-order valence-corrected chi connectivity index (χ4v) is 3.90. The summed E-state index contributed by atoms with van der Waals surface area (Å²) in [5.41, 5.74) is 1.09.